The molecule has 1 atom stereocenters. The summed E-state index contributed by atoms with van der Waals surface area (Å²) >= 11 is 2.59. The SMILES string of the molecule is Nc1ncc(S(=O)c2nccs2)s1. The second kappa shape index (κ2) is 3.52. The third-order valence-corrected chi connectivity index (χ3v) is 4.78. The highest BCUT2D eigenvalue weighted by Crippen LogP contribution is 2.24. The Morgan fingerprint density at radius 2 is 2.31 bits per heavy atom. The maximum absolute atomic E-state index is 11.7. The van der Waals surface area contributed by atoms with Gasteiger partial charge in [-0.2, -0.15) is 0 Å². The second-order valence-corrected chi connectivity index (χ2v) is 5.92. The lowest BCUT2D eigenvalue weighted by Crippen LogP contribution is -1.87. The molecule has 2 aromatic heterocycles. The van der Waals surface area contributed by atoms with E-state index in [9.17, 15) is 4.21 Å². The van der Waals surface area contributed by atoms with Crippen molar-refractivity contribution >= 4 is 38.6 Å². The molecule has 1 unspecified atom stereocenters. The number of nitrogens with zero attached hydrogens (tertiary/aromatic N) is 2. The summed E-state index contributed by atoms with van der Waals surface area (Å²) in [5.74, 6) is 0. The molecule has 7 heteroatoms. The van der Waals surface area contributed by atoms with Gasteiger partial charge in [-0.1, -0.05) is 11.3 Å². The number of nitrogen functional groups attached to an aromatic ring is 1. The van der Waals surface area contributed by atoms with Crippen LogP contribution in [0.25, 0.3) is 0 Å². The van der Waals surface area contributed by atoms with E-state index in [0.29, 0.717) is 13.7 Å². The van der Waals surface area contributed by atoms with Crippen LogP contribution in [-0.2, 0) is 10.8 Å². The van der Waals surface area contributed by atoms with Crippen LogP contribution in [0, 0.1) is 0 Å². The van der Waals surface area contributed by atoms with Crippen molar-refractivity contribution in [2.75, 3.05) is 5.73 Å². The topological polar surface area (TPSA) is 68.9 Å². The van der Waals surface area contributed by atoms with E-state index in [-0.39, 0.29) is 0 Å². The van der Waals surface area contributed by atoms with Gasteiger partial charge in [0.25, 0.3) is 0 Å². The Kier molecular flexibility index (Phi) is 2.38. The standard InChI is InChI=1S/C6H5N3OS3/c7-5-9-3-4(12-5)13(10)6-8-1-2-11-6/h1-3H,(H2,7,9). The van der Waals surface area contributed by atoms with Crippen molar-refractivity contribution < 1.29 is 4.21 Å². The zero-order chi connectivity index (χ0) is 9.26. The average molecular weight is 231 g/mol. The molecule has 0 radical (unpaired) electrons. The summed E-state index contributed by atoms with van der Waals surface area (Å²) in [5, 5.41) is 2.22. The van der Waals surface area contributed by atoms with Gasteiger partial charge in [-0.3, -0.25) is 0 Å². The van der Waals surface area contributed by atoms with Crippen molar-refractivity contribution in [3.63, 3.8) is 0 Å². The molecule has 0 saturated heterocycles. The molecule has 2 heterocycles. The third-order valence-electron chi connectivity index (χ3n) is 1.25. The van der Waals surface area contributed by atoms with E-state index in [4.69, 9.17) is 5.73 Å². The third kappa shape index (κ3) is 1.77. The van der Waals surface area contributed by atoms with E-state index in [1.54, 1.807) is 11.6 Å². The van der Waals surface area contributed by atoms with Crippen LogP contribution in [0.15, 0.2) is 26.3 Å². The molecule has 0 aliphatic rings. The maximum atomic E-state index is 11.7. The number of rotatable bonds is 2. The van der Waals surface area contributed by atoms with Crippen LogP contribution < -0.4 is 5.73 Å². The van der Waals surface area contributed by atoms with Gasteiger partial charge >= 0.3 is 0 Å². The van der Waals surface area contributed by atoms with Gasteiger partial charge in [0.2, 0.25) is 0 Å². The Labute approximate surface area is 84.9 Å². The van der Waals surface area contributed by atoms with Crippen molar-refractivity contribution in [2.45, 2.75) is 8.55 Å². The number of nitrogens with two attached hydrogens (primary N) is 1. The summed E-state index contributed by atoms with van der Waals surface area (Å²) < 4.78 is 12.9. The molecule has 4 nitrogen and oxygen atoms in total. The smallest absolute Gasteiger partial charge is 0.186 e. The molecule has 0 spiro atoms. The molecule has 0 saturated carbocycles. The van der Waals surface area contributed by atoms with Gasteiger partial charge in [0.05, 0.1) is 6.20 Å². The lowest BCUT2D eigenvalue weighted by atomic mass is 11.0. The summed E-state index contributed by atoms with van der Waals surface area (Å²) in [6, 6.07) is 0. The van der Waals surface area contributed by atoms with Gasteiger partial charge in [-0.15, -0.1) is 11.3 Å². The fourth-order valence-corrected chi connectivity index (χ4v) is 3.74. The molecule has 2 N–H and O–H groups in total. The summed E-state index contributed by atoms with van der Waals surface area (Å²) in [6.45, 7) is 0. The van der Waals surface area contributed by atoms with Crippen molar-refractivity contribution in [3.8, 4) is 0 Å². The number of hydrogen-bond acceptors (Lipinski definition) is 6. The van der Waals surface area contributed by atoms with Crippen LogP contribution >= 0.6 is 22.7 Å². The molecule has 2 rings (SSSR count). The summed E-state index contributed by atoms with van der Waals surface area (Å²) in [4.78, 5) is 7.79. The van der Waals surface area contributed by atoms with Crippen LogP contribution in [0.4, 0.5) is 5.13 Å². The Morgan fingerprint density at radius 3 is 2.85 bits per heavy atom. The quantitative estimate of drug-likeness (QED) is 0.847. The van der Waals surface area contributed by atoms with Gasteiger partial charge in [0, 0.05) is 11.6 Å². The van der Waals surface area contributed by atoms with Crippen molar-refractivity contribution in [1.82, 2.24) is 9.97 Å². The fourth-order valence-electron chi connectivity index (χ4n) is 0.746. The molecule has 0 aromatic carbocycles. The first-order chi connectivity index (χ1) is 6.27. The van der Waals surface area contributed by atoms with Crippen LogP contribution in [0.5, 0.6) is 0 Å². The monoisotopic (exact) mass is 231 g/mol. The average Bonchev–Trinajstić information content (AvgIpc) is 2.72. The zero-order valence-electron chi connectivity index (χ0n) is 6.34. The zero-order valence-corrected chi connectivity index (χ0v) is 8.79. The lowest BCUT2D eigenvalue weighted by molar-refractivity contribution is 0.683. The van der Waals surface area contributed by atoms with Crippen molar-refractivity contribution in [2.24, 2.45) is 0 Å². The number of hydrogen-bond donors (Lipinski definition) is 1. The van der Waals surface area contributed by atoms with E-state index in [1.807, 2.05) is 0 Å². The Morgan fingerprint density at radius 1 is 1.46 bits per heavy atom. The normalized spacial score (nSPS) is 12.9. The van der Waals surface area contributed by atoms with Crippen LogP contribution in [0.1, 0.15) is 0 Å². The van der Waals surface area contributed by atoms with E-state index in [0.717, 1.165) is 0 Å². The fraction of sp³-hybridized carbons (Fsp3) is 0. The molecule has 13 heavy (non-hydrogen) atoms. The second-order valence-electron chi connectivity index (χ2n) is 2.08. The summed E-state index contributed by atoms with van der Waals surface area (Å²) in [7, 11) is -1.21. The highest BCUT2D eigenvalue weighted by Gasteiger charge is 2.12. The number of aromatic nitrogens is 2. The van der Waals surface area contributed by atoms with Gasteiger partial charge in [0.15, 0.2) is 9.47 Å². The Hall–Kier alpha value is -0.790. The highest BCUT2D eigenvalue weighted by molar-refractivity contribution is 7.89. The highest BCUT2D eigenvalue weighted by atomic mass is 32.2. The minimum atomic E-state index is -1.21. The number of anilines is 1. The summed E-state index contributed by atoms with van der Waals surface area (Å²) in [6.07, 6.45) is 3.15. The molecule has 0 bridgehead atoms. The van der Waals surface area contributed by atoms with Crippen LogP contribution in [0.3, 0.4) is 0 Å². The first-order valence-corrected chi connectivity index (χ1v) is 6.14. The Balaban J connectivity index is 2.33. The largest absolute Gasteiger partial charge is 0.375 e. The molecular weight excluding hydrogens is 226 g/mol. The van der Waals surface area contributed by atoms with Crippen molar-refractivity contribution in [3.05, 3.63) is 17.8 Å². The van der Waals surface area contributed by atoms with Gasteiger partial charge in [-0.25, -0.2) is 14.2 Å². The van der Waals surface area contributed by atoms with Gasteiger partial charge in [0.1, 0.15) is 15.0 Å². The molecule has 0 amide bonds. The molecule has 2 aromatic rings. The molecule has 68 valence electrons. The van der Waals surface area contributed by atoms with Gasteiger partial charge in [-0.05, 0) is 0 Å². The predicted octanol–water partition coefficient (Wildman–Crippen LogP) is 1.35. The van der Waals surface area contributed by atoms with Crippen LogP contribution in [0.2, 0.25) is 0 Å². The van der Waals surface area contributed by atoms with E-state index in [2.05, 4.69) is 9.97 Å². The van der Waals surface area contributed by atoms with E-state index < -0.39 is 10.8 Å². The first-order valence-electron chi connectivity index (χ1n) is 3.30. The number of thiazole rings is 2. The Bertz CT molecular complexity index is 422. The van der Waals surface area contributed by atoms with Gasteiger partial charge < -0.3 is 5.73 Å². The first kappa shape index (κ1) is 8.79. The molecule has 0 aliphatic carbocycles. The summed E-state index contributed by atoms with van der Waals surface area (Å²) in [5.41, 5.74) is 5.43. The van der Waals surface area contributed by atoms with E-state index in [1.165, 1.54) is 28.9 Å². The predicted molar refractivity (Wildman–Crippen MR) is 53.3 cm³/mol. The molecular formula is C6H5N3OS3. The lowest BCUT2D eigenvalue weighted by Gasteiger charge is -1.89. The van der Waals surface area contributed by atoms with Crippen molar-refractivity contribution in [1.29, 1.82) is 0 Å². The van der Waals surface area contributed by atoms with Crippen LogP contribution in [-0.4, -0.2) is 14.2 Å². The van der Waals surface area contributed by atoms with E-state index >= 15 is 0 Å². The maximum Gasteiger partial charge on any atom is 0.186 e. The molecule has 0 fully saturated rings. The minimum absolute atomic E-state index is 0.430. The minimum Gasteiger partial charge on any atom is -0.375 e. The molecule has 0 aliphatic heterocycles.